The molecule has 0 amide bonds. The number of hydrogen-bond donors (Lipinski definition) is 1. The molecule has 0 saturated heterocycles. The number of allylic oxidation sites excluding steroid dienone is 1. The lowest BCUT2D eigenvalue weighted by Crippen LogP contribution is -2.25. The van der Waals surface area contributed by atoms with Crippen LogP contribution in [-0.2, 0) is 0 Å². The van der Waals surface area contributed by atoms with Crippen LogP contribution in [0.3, 0.4) is 0 Å². The fraction of sp³-hybridized carbons (Fsp3) is 0.0769. The van der Waals surface area contributed by atoms with E-state index in [2.05, 4.69) is 48.3 Å². The van der Waals surface area contributed by atoms with Gasteiger partial charge in [0.1, 0.15) is 0 Å². The monoisotopic (exact) mass is 183 g/mol. The van der Waals surface area contributed by atoms with E-state index in [-0.39, 0.29) is 0 Å². The van der Waals surface area contributed by atoms with Crippen molar-refractivity contribution in [2.45, 2.75) is 6.92 Å². The average Bonchev–Trinajstić information content (AvgIpc) is 2.58. The highest BCUT2D eigenvalue weighted by Gasteiger charge is 2.07. The molecule has 1 nitrogen and oxygen atoms in total. The van der Waals surface area contributed by atoms with Gasteiger partial charge in [-0.15, -0.1) is 0 Å². The fourth-order valence-electron chi connectivity index (χ4n) is 1.74. The van der Waals surface area contributed by atoms with Gasteiger partial charge >= 0.3 is 0 Å². The molecule has 0 heterocycles. The molecule has 0 unspecified atom stereocenters. The van der Waals surface area contributed by atoms with Gasteiger partial charge < -0.3 is 5.32 Å². The van der Waals surface area contributed by atoms with Crippen molar-refractivity contribution < 1.29 is 0 Å². The number of benzene rings is 1. The zero-order chi connectivity index (χ0) is 9.97. The normalized spacial score (nSPS) is 16.4. The third-order valence-electron chi connectivity index (χ3n) is 2.39. The molecule has 1 aromatic carbocycles. The highest BCUT2D eigenvalue weighted by molar-refractivity contribution is 5.80. The van der Waals surface area contributed by atoms with Crippen LogP contribution in [0.2, 0.25) is 0 Å². The second kappa shape index (κ2) is 3.54. The van der Waals surface area contributed by atoms with E-state index in [1.807, 2.05) is 6.92 Å². The molecule has 0 aromatic heterocycles. The second-order valence-corrected chi connectivity index (χ2v) is 3.20. The van der Waals surface area contributed by atoms with Gasteiger partial charge in [-0.3, -0.25) is 0 Å². The van der Waals surface area contributed by atoms with Gasteiger partial charge in [-0.05, 0) is 30.0 Å². The standard InChI is InChI=1S/C13H13N/c1-3-10-9-11-7-5-6-8-12(11)13(10)14-4-2/h3-9,14H,2H2,1H3/b10-3-. The summed E-state index contributed by atoms with van der Waals surface area (Å²) in [4.78, 5) is 0. The van der Waals surface area contributed by atoms with Crippen LogP contribution in [0.25, 0.3) is 11.8 Å². The molecule has 0 atom stereocenters. The maximum Gasteiger partial charge on any atom is 0.0529 e. The van der Waals surface area contributed by atoms with Crippen molar-refractivity contribution in [1.82, 2.24) is 5.32 Å². The molecule has 1 N–H and O–H groups in total. The van der Waals surface area contributed by atoms with Crippen molar-refractivity contribution in [3.63, 3.8) is 0 Å². The summed E-state index contributed by atoms with van der Waals surface area (Å²) in [6.07, 6.45) is 6.00. The lowest BCUT2D eigenvalue weighted by molar-refractivity contribution is 1.21. The Morgan fingerprint density at radius 3 is 2.79 bits per heavy atom. The van der Waals surface area contributed by atoms with Gasteiger partial charge in [0.2, 0.25) is 0 Å². The number of hydrogen-bond acceptors (Lipinski definition) is 1. The van der Waals surface area contributed by atoms with Crippen LogP contribution < -0.4 is 15.8 Å². The highest BCUT2D eigenvalue weighted by atomic mass is 14.9. The first-order chi connectivity index (χ1) is 6.86. The Hall–Kier alpha value is -1.76. The highest BCUT2D eigenvalue weighted by Crippen LogP contribution is 2.10. The minimum Gasteiger partial charge on any atom is -0.361 e. The Morgan fingerprint density at radius 2 is 2.07 bits per heavy atom. The fourth-order valence-corrected chi connectivity index (χ4v) is 1.74. The summed E-state index contributed by atoms with van der Waals surface area (Å²) in [6, 6.07) is 8.35. The Bertz CT molecular complexity index is 506. The molecule has 14 heavy (non-hydrogen) atoms. The van der Waals surface area contributed by atoms with E-state index in [1.54, 1.807) is 6.20 Å². The van der Waals surface area contributed by atoms with Gasteiger partial charge in [0.25, 0.3) is 0 Å². The van der Waals surface area contributed by atoms with E-state index in [9.17, 15) is 0 Å². The zero-order valence-electron chi connectivity index (χ0n) is 8.25. The van der Waals surface area contributed by atoms with Crippen molar-refractivity contribution in [2.24, 2.45) is 0 Å². The SMILES string of the molecule is C=CNC1=c2ccccc2=C/C1=C/C. The van der Waals surface area contributed by atoms with E-state index in [0.29, 0.717) is 0 Å². The first kappa shape index (κ1) is 8.82. The predicted octanol–water partition coefficient (Wildman–Crippen LogP) is 1.27. The molecule has 70 valence electrons. The van der Waals surface area contributed by atoms with Crippen LogP contribution in [0.4, 0.5) is 0 Å². The van der Waals surface area contributed by atoms with Gasteiger partial charge in [-0.2, -0.15) is 0 Å². The summed E-state index contributed by atoms with van der Waals surface area (Å²) in [7, 11) is 0. The van der Waals surface area contributed by atoms with E-state index in [4.69, 9.17) is 0 Å². The van der Waals surface area contributed by atoms with Crippen molar-refractivity contribution in [3.05, 3.63) is 59.1 Å². The maximum absolute atomic E-state index is 3.69. The van der Waals surface area contributed by atoms with E-state index < -0.39 is 0 Å². The van der Waals surface area contributed by atoms with E-state index >= 15 is 0 Å². The molecule has 0 bridgehead atoms. The lowest BCUT2D eigenvalue weighted by atomic mass is 10.2. The molecule has 0 aliphatic heterocycles. The van der Waals surface area contributed by atoms with Crippen LogP contribution in [-0.4, -0.2) is 0 Å². The largest absolute Gasteiger partial charge is 0.361 e. The van der Waals surface area contributed by atoms with Gasteiger partial charge in [-0.25, -0.2) is 0 Å². The Morgan fingerprint density at radius 1 is 1.29 bits per heavy atom. The predicted molar refractivity (Wildman–Crippen MR) is 60.7 cm³/mol. The van der Waals surface area contributed by atoms with Crippen LogP contribution in [0.1, 0.15) is 6.92 Å². The first-order valence-corrected chi connectivity index (χ1v) is 4.72. The Labute approximate surface area is 83.8 Å². The molecule has 2 rings (SSSR count). The molecule has 1 aliphatic carbocycles. The van der Waals surface area contributed by atoms with Crippen molar-refractivity contribution >= 4 is 11.8 Å². The summed E-state index contributed by atoms with van der Waals surface area (Å²) < 4.78 is 0. The summed E-state index contributed by atoms with van der Waals surface area (Å²) in [5.41, 5.74) is 2.38. The van der Waals surface area contributed by atoms with Crippen LogP contribution in [0.15, 0.2) is 48.7 Å². The minimum atomic E-state index is 1.15. The average molecular weight is 183 g/mol. The molecule has 0 spiro atoms. The number of nitrogens with one attached hydrogen (secondary N) is 1. The van der Waals surface area contributed by atoms with Gasteiger partial charge in [0.05, 0.1) is 5.70 Å². The smallest absolute Gasteiger partial charge is 0.0529 e. The van der Waals surface area contributed by atoms with Crippen molar-refractivity contribution in [3.8, 4) is 0 Å². The zero-order valence-corrected chi connectivity index (χ0v) is 8.25. The maximum atomic E-state index is 3.69. The van der Waals surface area contributed by atoms with Gasteiger partial charge in [-0.1, -0.05) is 36.9 Å². The minimum absolute atomic E-state index is 1.15. The molecule has 1 heteroatoms. The topological polar surface area (TPSA) is 12.0 Å². The molecular weight excluding hydrogens is 170 g/mol. The summed E-state index contributed by atoms with van der Waals surface area (Å²) in [6.45, 7) is 5.74. The molecule has 1 aliphatic rings. The van der Waals surface area contributed by atoms with Crippen molar-refractivity contribution in [1.29, 1.82) is 0 Å². The van der Waals surface area contributed by atoms with Gasteiger partial charge in [0, 0.05) is 5.22 Å². The summed E-state index contributed by atoms with van der Waals surface area (Å²) in [5, 5.41) is 5.70. The molecule has 1 aromatic rings. The Kier molecular flexibility index (Phi) is 2.23. The van der Waals surface area contributed by atoms with Crippen LogP contribution >= 0.6 is 0 Å². The number of fused-ring (bicyclic) bond motifs is 1. The van der Waals surface area contributed by atoms with Crippen LogP contribution in [0.5, 0.6) is 0 Å². The molecule has 0 saturated carbocycles. The molecular formula is C13H13N. The van der Waals surface area contributed by atoms with E-state index in [1.165, 1.54) is 16.0 Å². The second-order valence-electron chi connectivity index (χ2n) is 3.20. The molecule has 0 fully saturated rings. The third-order valence-corrected chi connectivity index (χ3v) is 2.39. The number of rotatable bonds is 2. The molecule has 0 radical (unpaired) electrons. The first-order valence-electron chi connectivity index (χ1n) is 4.72. The van der Waals surface area contributed by atoms with Gasteiger partial charge in [0.15, 0.2) is 0 Å². The van der Waals surface area contributed by atoms with Crippen molar-refractivity contribution in [2.75, 3.05) is 0 Å². The van der Waals surface area contributed by atoms with Crippen LogP contribution in [0, 0.1) is 0 Å². The quantitative estimate of drug-likeness (QED) is 0.728. The third kappa shape index (κ3) is 1.27. The summed E-state index contributed by atoms with van der Waals surface area (Å²) >= 11 is 0. The summed E-state index contributed by atoms with van der Waals surface area (Å²) in [5.74, 6) is 0. The van der Waals surface area contributed by atoms with E-state index in [0.717, 1.165) is 5.70 Å². The lowest BCUT2D eigenvalue weighted by Gasteiger charge is -2.03. The Balaban J connectivity index is 2.75.